The molecule has 2 rings (SSSR count). The standard InChI is InChI=1S/C11H12Br2N4O2S/c1-2-7-5-10(16-15-7)17-20(18,19)11-8(13)3-6(12)4-9(11)14/h3-5H,2,14H2,1H3,(H2,15,16,17). The summed E-state index contributed by atoms with van der Waals surface area (Å²) in [5.74, 6) is 0.232. The molecule has 0 unspecified atom stereocenters. The third-order valence-electron chi connectivity index (χ3n) is 2.56. The van der Waals surface area contributed by atoms with Crippen LogP contribution in [-0.4, -0.2) is 18.6 Å². The number of nitrogens with one attached hydrogen (secondary N) is 2. The topological polar surface area (TPSA) is 101 Å². The minimum absolute atomic E-state index is 0.0123. The average Bonchev–Trinajstić information content (AvgIpc) is 2.73. The lowest BCUT2D eigenvalue weighted by molar-refractivity contribution is 0.601. The number of aromatic amines is 1. The summed E-state index contributed by atoms with van der Waals surface area (Å²) in [7, 11) is -3.81. The van der Waals surface area contributed by atoms with Crippen LogP contribution < -0.4 is 10.5 Å². The minimum Gasteiger partial charge on any atom is -0.398 e. The third-order valence-corrected chi connectivity index (χ3v) is 5.37. The number of sulfonamides is 1. The molecule has 4 N–H and O–H groups in total. The van der Waals surface area contributed by atoms with E-state index in [1.807, 2.05) is 6.92 Å². The van der Waals surface area contributed by atoms with Gasteiger partial charge < -0.3 is 5.73 Å². The van der Waals surface area contributed by atoms with E-state index in [9.17, 15) is 8.42 Å². The van der Waals surface area contributed by atoms with Crippen LogP contribution in [0.3, 0.4) is 0 Å². The van der Waals surface area contributed by atoms with Gasteiger partial charge in [0, 0.05) is 20.7 Å². The van der Waals surface area contributed by atoms with Crippen LogP contribution in [0, 0.1) is 0 Å². The van der Waals surface area contributed by atoms with Crippen molar-refractivity contribution in [2.75, 3.05) is 10.5 Å². The summed E-state index contributed by atoms with van der Waals surface area (Å²) < 4.78 is 28.2. The van der Waals surface area contributed by atoms with E-state index in [4.69, 9.17) is 5.73 Å². The van der Waals surface area contributed by atoms with Gasteiger partial charge in [-0.2, -0.15) is 5.10 Å². The lowest BCUT2D eigenvalue weighted by Crippen LogP contribution is -2.15. The Morgan fingerprint density at radius 2 is 2.05 bits per heavy atom. The predicted octanol–water partition coefficient (Wildman–Crippen LogP) is 2.88. The lowest BCUT2D eigenvalue weighted by atomic mass is 10.3. The maximum Gasteiger partial charge on any atom is 0.266 e. The Labute approximate surface area is 133 Å². The van der Waals surface area contributed by atoms with Crippen LogP contribution in [0.1, 0.15) is 12.6 Å². The Morgan fingerprint density at radius 3 is 2.60 bits per heavy atom. The van der Waals surface area contributed by atoms with E-state index in [-0.39, 0.29) is 16.4 Å². The molecule has 0 fully saturated rings. The average molecular weight is 424 g/mol. The van der Waals surface area contributed by atoms with Gasteiger partial charge in [-0.05, 0) is 34.5 Å². The number of H-pyrrole nitrogens is 1. The van der Waals surface area contributed by atoms with Gasteiger partial charge >= 0.3 is 0 Å². The molecule has 9 heteroatoms. The highest BCUT2D eigenvalue weighted by atomic mass is 79.9. The molecule has 0 saturated heterocycles. The van der Waals surface area contributed by atoms with E-state index in [0.29, 0.717) is 8.95 Å². The van der Waals surface area contributed by atoms with Crippen molar-refractivity contribution in [3.63, 3.8) is 0 Å². The number of nitrogens with two attached hydrogens (primary N) is 1. The summed E-state index contributed by atoms with van der Waals surface area (Å²) in [4.78, 5) is -0.0123. The number of anilines is 2. The summed E-state index contributed by atoms with van der Waals surface area (Å²) in [6.07, 6.45) is 0.735. The molecule has 1 heterocycles. The van der Waals surface area contributed by atoms with Crippen molar-refractivity contribution in [2.45, 2.75) is 18.2 Å². The maximum absolute atomic E-state index is 12.4. The van der Waals surface area contributed by atoms with Crippen molar-refractivity contribution in [3.8, 4) is 0 Å². The van der Waals surface area contributed by atoms with Crippen LogP contribution in [-0.2, 0) is 16.4 Å². The first-order valence-electron chi connectivity index (χ1n) is 5.65. The summed E-state index contributed by atoms with van der Waals surface area (Å²) >= 11 is 6.46. The van der Waals surface area contributed by atoms with Crippen LogP contribution in [0.15, 0.2) is 32.0 Å². The van der Waals surface area contributed by atoms with Crippen LogP contribution >= 0.6 is 31.9 Å². The number of rotatable bonds is 4. The number of hydrogen-bond donors (Lipinski definition) is 3. The van der Waals surface area contributed by atoms with Gasteiger partial charge in [0.25, 0.3) is 10.0 Å². The van der Waals surface area contributed by atoms with Gasteiger partial charge in [-0.1, -0.05) is 22.9 Å². The van der Waals surface area contributed by atoms with Crippen molar-refractivity contribution >= 4 is 53.4 Å². The lowest BCUT2D eigenvalue weighted by Gasteiger charge is -2.10. The van der Waals surface area contributed by atoms with Gasteiger partial charge in [-0.25, -0.2) is 8.42 Å². The van der Waals surface area contributed by atoms with Crippen molar-refractivity contribution < 1.29 is 8.42 Å². The Bertz CT molecular complexity index is 720. The summed E-state index contributed by atoms with van der Waals surface area (Å²) in [5, 5.41) is 6.63. The molecule has 6 nitrogen and oxygen atoms in total. The molecule has 0 aliphatic rings. The Balaban J connectivity index is 2.40. The Hall–Kier alpha value is -1.06. The number of nitrogen functional groups attached to an aromatic ring is 1. The van der Waals surface area contributed by atoms with Crippen molar-refractivity contribution in [2.24, 2.45) is 0 Å². The smallest absolute Gasteiger partial charge is 0.266 e. The second-order valence-corrected chi connectivity index (χ2v) is 7.43. The highest BCUT2D eigenvalue weighted by Crippen LogP contribution is 2.32. The van der Waals surface area contributed by atoms with E-state index in [2.05, 4.69) is 46.8 Å². The second-order valence-electron chi connectivity index (χ2n) is 4.04. The van der Waals surface area contributed by atoms with Crippen molar-refractivity contribution in [1.29, 1.82) is 0 Å². The van der Waals surface area contributed by atoms with Crippen LogP contribution in [0.2, 0.25) is 0 Å². The summed E-state index contributed by atoms with van der Waals surface area (Å²) in [5.41, 5.74) is 6.77. The fraction of sp³-hybridized carbons (Fsp3) is 0.182. The Kier molecular flexibility index (Phi) is 4.40. The molecule has 0 aliphatic heterocycles. The quantitative estimate of drug-likeness (QED) is 0.658. The molecule has 2 aromatic rings. The number of nitrogens with zero attached hydrogens (tertiary/aromatic N) is 1. The third kappa shape index (κ3) is 3.15. The Morgan fingerprint density at radius 1 is 1.35 bits per heavy atom. The number of benzene rings is 1. The zero-order valence-corrected chi connectivity index (χ0v) is 14.4. The van der Waals surface area contributed by atoms with Gasteiger partial charge in [-0.15, -0.1) is 0 Å². The number of halogens is 2. The minimum atomic E-state index is -3.81. The van der Waals surface area contributed by atoms with E-state index in [0.717, 1.165) is 12.1 Å². The molecule has 0 saturated carbocycles. The van der Waals surface area contributed by atoms with E-state index in [1.54, 1.807) is 12.1 Å². The first-order chi connectivity index (χ1) is 9.33. The van der Waals surface area contributed by atoms with Crippen LogP contribution in [0.5, 0.6) is 0 Å². The number of aryl methyl sites for hydroxylation is 1. The zero-order valence-electron chi connectivity index (χ0n) is 10.4. The maximum atomic E-state index is 12.4. The molecule has 0 radical (unpaired) electrons. The SMILES string of the molecule is CCc1cc(NS(=O)(=O)c2c(N)cc(Br)cc2Br)n[nH]1. The van der Waals surface area contributed by atoms with Gasteiger partial charge in [0.05, 0.1) is 5.69 Å². The molecule has 0 atom stereocenters. The van der Waals surface area contributed by atoms with Crippen LogP contribution in [0.25, 0.3) is 0 Å². The van der Waals surface area contributed by atoms with E-state index >= 15 is 0 Å². The first kappa shape index (κ1) is 15.3. The monoisotopic (exact) mass is 422 g/mol. The van der Waals surface area contributed by atoms with Crippen molar-refractivity contribution in [3.05, 3.63) is 32.8 Å². The molecule has 0 aliphatic carbocycles. The summed E-state index contributed by atoms with van der Waals surface area (Å²) in [6.45, 7) is 1.94. The first-order valence-corrected chi connectivity index (χ1v) is 8.72. The molecule has 20 heavy (non-hydrogen) atoms. The molecule has 1 aromatic carbocycles. The fourth-order valence-corrected chi connectivity index (χ4v) is 4.71. The largest absolute Gasteiger partial charge is 0.398 e. The predicted molar refractivity (Wildman–Crippen MR) is 85.0 cm³/mol. The molecule has 108 valence electrons. The number of hydrogen-bond acceptors (Lipinski definition) is 4. The van der Waals surface area contributed by atoms with Crippen LogP contribution in [0.4, 0.5) is 11.5 Å². The molecule has 0 bridgehead atoms. The van der Waals surface area contributed by atoms with Gasteiger partial charge in [-0.3, -0.25) is 9.82 Å². The molecule has 0 amide bonds. The van der Waals surface area contributed by atoms with Gasteiger partial charge in [0.2, 0.25) is 0 Å². The fourth-order valence-electron chi connectivity index (χ4n) is 1.65. The zero-order chi connectivity index (χ0) is 14.9. The highest BCUT2D eigenvalue weighted by molar-refractivity contribution is 9.11. The molecule has 0 spiro atoms. The summed E-state index contributed by atoms with van der Waals surface area (Å²) in [6, 6.07) is 4.79. The van der Waals surface area contributed by atoms with E-state index in [1.165, 1.54) is 6.07 Å². The van der Waals surface area contributed by atoms with Gasteiger partial charge in [0.1, 0.15) is 4.90 Å². The number of aromatic nitrogens is 2. The second kappa shape index (κ2) is 5.74. The molecular formula is C11H12Br2N4O2S. The van der Waals surface area contributed by atoms with E-state index < -0.39 is 10.0 Å². The normalized spacial score (nSPS) is 11.6. The highest BCUT2D eigenvalue weighted by Gasteiger charge is 2.22. The molecule has 1 aromatic heterocycles. The van der Waals surface area contributed by atoms with Gasteiger partial charge in [0.15, 0.2) is 5.82 Å². The van der Waals surface area contributed by atoms with Crippen molar-refractivity contribution in [1.82, 2.24) is 10.2 Å². The molecular weight excluding hydrogens is 412 g/mol.